The van der Waals surface area contributed by atoms with E-state index in [2.05, 4.69) is 26.1 Å². The van der Waals surface area contributed by atoms with Crippen LogP contribution >= 0.6 is 0 Å². The lowest BCUT2D eigenvalue weighted by molar-refractivity contribution is -0.131. The first kappa shape index (κ1) is 17.4. The first-order valence-corrected chi connectivity index (χ1v) is 7.75. The Kier molecular flexibility index (Phi) is 8.11. The van der Waals surface area contributed by atoms with Gasteiger partial charge in [0.1, 0.15) is 0 Å². The van der Waals surface area contributed by atoms with Crippen LogP contribution < -0.4 is 5.32 Å². The van der Waals surface area contributed by atoms with Crippen molar-refractivity contribution in [2.45, 2.75) is 52.2 Å². The van der Waals surface area contributed by atoms with Gasteiger partial charge in [-0.25, -0.2) is 0 Å². The van der Waals surface area contributed by atoms with E-state index in [1.807, 2.05) is 4.90 Å². The van der Waals surface area contributed by atoms with Crippen molar-refractivity contribution in [3.63, 3.8) is 0 Å². The Hall–Kier alpha value is -0.650. The van der Waals surface area contributed by atoms with Gasteiger partial charge in [-0.2, -0.15) is 0 Å². The number of nitrogens with zero attached hydrogens (tertiary/aromatic N) is 1. The van der Waals surface area contributed by atoms with Crippen molar-refractivity contribution < 1.29 is 14.3 Å². The summed E-state index contributed by atoms with van der Waals surface area (Å²) in [6.07, 6.45) is 3.16. The third-order valence-electron chi connectivity index (χ3n) is 3.65. The van der Waals surface area contributed by atoms with Gasteiger partial charge in [0.05, 0.1) is 25.4 Å². The molecule has 0 aromatic rings. The molecule has 1 fully saturated rings. The van der Waals surface area contributed by atoms with Gasteiger partial charge < -0.3 is 14.4 Å². The van der Waals surface area contributed by atoms with Crippen molar-refractivity contribution in [3.8, 4) is 0 Å². The number of nitrogens with one attached hydrogen (secondary N) is 1. The molecule has 20 heavy (non-hydrogen) atoms. The zero-order valence-corrected chi connectivity index (χ0v) is 13.4. The Bertz CT molecular complexity index is 284. The summed E-state index contributed by atoms with van der Waals surface area (Å²) in [6.45, 7) is 9.03. The van der Waals surface area contributed by atoms with E-state index < -0.39 is 0 Å². The number of carbonyl (C=O) groups excluding carboxylic acids is 1. The van der Waals surface area contributed by atoms with Gasteiger partial charge in [0.15, 0.2) is 0 Å². The van der Waals surface area contributed by atoms with Gasteiger partial charge in [-0.05, 0) is 18.8 Å². The predicted molar refractivity (Wildman–Crippen MR) is 79.5 cm³/mol. The van der Waals surface area contributed by atoms with Gasteiger partial charge in [0.2, 0.25) is 5.91 Å². The lowest BCUT2D eigenvalue weighted by Crippen LogP contribution is -2.38. The lowest BCUT2D eigenvalue weighted by atomic mass is 10.1. The summed E-state index contributed by atoms with van der Waals surface area (Å²) in [4.78, 5) is 14.4. The highest BCUT2D eigenvalue weighted by molar-refractivity contribution is 5.84. The summed E-state index contributed by atoms with van der Waals surface area (Å²) < 4.78 is 10.4. The molecule has 1 saturated heterocycles. The summed E-state index contributed by atoms with van der Waals surface area (Å²) >= 11 is 0. The molecule has 0 spiro atoms. The lowest BCUT2D eigenvalue weighted by Gasteiger charge is -2.23. The molecule has 1 rings (SSSR count). The molecule has 118 valence electrons. The quantitative estimate of drug-likeness (QED) is 0.620. The molecular weight excluding hydrogens is 256 g/mol. The van der Waals surface area contributed by atoms with Crippen molar-refractivity contribution in [3.05, 3.63) is 0 Å². The molecule has 0 saturated carbocycles. The number of methoxy groups -OCH3 is 1. The molecule has 0 radical (unpaired) electrons. The zero-order valence-electron chi connectivity index (χ0n) is 13.4. The molecule has 1 heterocycles. The summed E-state index contributed by atoms with van der Waals surface area (Å²) in [6, 6.07) is -0.0269. The molecule has 5 nitrogen and oxygen atoms in total. The molecule has 1 amide bonds. The molecule has 1 aliphatic rings. The maximum Gasteiger partial charge on any atom is 0.241 e. The zero-order chi connectivity index (χ0) is 15.0. The van der Waals surface area contributed by atoms with Crippen molar-refractivity contribution >= 4 is 5.91 Å². The second-order valence-electron chi connectivity index (χ2n) is 5.68. The maximum atomic E-state index is 12.4. The van der Waals surface area contributed by atoms with Crippen LogP contribution in [-0.2, 0) is 14.3 Å². The highest BCUT2D eigenvalue weighted by Crippen LogP contribution is 2.20. The number of ether oxygens (including phenoxy) is 2. The Morgan fingerprint density at radius 1 is 1.30 bits per heavy atom. The summed E-state index contributed by atoms with van der Waals surface area (Å²) in [7, 11) is 1.67. The van der Waals surface area contributed by atoms with Crippen LogP contribution in [0.5, 0.6) is 0 Å². The van der Waals surface area contributed by atoms with Gasteiger partial charge >= 0.3 is 0 Å². The number of hydrogen-bond acceptors (Lipinski definition) is 4. The molecule has 2 atom stereocenters. The first-order valence-electron chi connectivity index (χ1n) is 7.75. The van der Waals surface area contributed by atoms with Crippen molar-refractivity contribution in [2.75, 3.05) is 33.5 Å². The van der Waals surface area contributed by atoms with Crippen molar-refractivity contribution in [2.24, 2.45) is 5.92 Å². The van der Waals surface area contributed by atoms with E-state index in [0.29, 0.717) is 25.7 Å². The van der Waals surface area contributed by atoms with Crippen LogP contribution in [0.3, 0.4) is 0 Å². The van der Waals surface area contributed by atoms with Crippen LogP contribution in [0.1, 0.15) is 40.0 Å². The highest BCUT2D eigenvalue weighted by Gasteiger charge is 2.39. The number of rotatable bonds is 10. The second-order valence-corrected chi connectivity index (χ2v) is 5.68. The number of carbonyl (C=O) groups is 1. The monoisotopic (exact) mass is 286 g/mol. The van der Waals surface area contributed by atoms with Crippen LogP contribution in [0.4, 0.5) is 0 Å². The standard InChI is InChI=1S/C15H30N2O3/c1-5-7-13-16-14(12(2)3)15(18)17(13)8-6-9-20-11-10-19-4/h12-14,16H,5-11H2,1-4H3. The largest absolute Gasteiger partial charge is 0.382 e. The third-order valence-corrected chi connectivity index (χ3v) is 3.65. The molecule has 0 aromatic heterocycles. The minimum Gasteiger partial charge on any atom is -0.382 e. The fraction of sp³-hybridized carbons (Fsp3) is 0.933. The Balaban J connectivity index is 2.37. The molecule has 2 unspecified atom stereocenters. The molecule has 0 aromatic carbocycles. The number of hydrogen-bond donors (Lipinski definition) is 1. The average molecular weight is 286 g/mol. The Labute approximate surface area is 123 Å². The van der Waals surface area contributed by atoms with Crippen LogP contribution in [-0.4, -0.2) is 56.5 Å². The van der Waals surface area contributed by atoms with E-state index >= 15 is 0 Å². The highest BCUT2D eigenvalue weighted by atomic mass is 16.5. The van der Waals surface area contributed by atoms with E-state index in [9.17, 15) is 4.79 Å². The van der Waals surface area contributed by atoms with E-state index in [1.165, 1.54) is 0 Å². The first-order chi connectivity index (χ1) is 9.61. The van der Waals surface area contributed by atoms with Gasteiger partial charge in [-0.15, -0.1) is 0 Å². The molecule has 0 bridgehead atoms. The predicted octanol–water partition coefficient (Wildman–Crippen LogP) is 1.62. The summed E-state index contributed by atoms with van der Waals surface area (Å²) in [5, 5.41) is 3.47. The van der Waals surface area contributed by atoms with Crippen LogP contribution in [0, 0.1) is 5.92 Å². The minimum absolute atomic E-state index is 0.0269. The molecular formula is C15H30N2O3. The SMILES string of the molecule is CCCC1NC(C(C)C)C(=O)N1CCCOCCOC. The van der Waals surface area contributed by atoms with E-state index in [0.717, 1.165) is 25.8 Å². The van der Waals surface area contributed by atoms with E-state index in [-0.39, 0.29) is 18.1 Å². The van der Waals surface area contributed by atoms with E-state index in [4.69, 9.17) is 9.47 Å². The normalized spacial score (nSPS) is 23.1. The minimum atomic E-state index is -0.0269. The maximum absolute atomic E-state index is 12.4. The van der Waals surface area contributed by atoms with Crippen LogP contribution in [0.15, 0.2) is 0 Å². The molecule has 1 aliphatic heterocycles. The second kappa shape index (κ2) is 9.32. The van der Waals surface area contributed by atoms with Gasteiger partial charge in [-0.1, -0.05) is 27.2 Å². The van der Waals surface area contributed by atoms with Crippen LogP contribution in [0.2, 0.25) is 0 Å². The molecule has 1 N–H and O–H groups in total. The van der Waals surface area contributed by atoms with Gasteiger partial charge in [0, 0.05) is 20.3 Å². The van der Waals surface area contributed by atoms with Gasteiger partial charge in [0.25, 0.3) is 0 Å². The fourth-order valence-corrected chi connectivity index (χ4v) is 2.54. The Morgan fingerprint density at radius 2 is 2.05 bits per heavy atom. The fourth-order valence-electron chi connectivity index (χ4n) is 2.54. The third kappa shape index (κ3) is 5.04. The van der Waals surface area contributed by atoms with Gasteiger partial charge in [-0.3, -0.25) is 10.1 Å². The Morgan fingerprint density at radius 3 is 2.65 bits per heavy atom. The molecule has 5 heteroatoms. The van der Waals surface area contributed by atoms with Crippen molar-refractivity contribution in [1.82, 2.24) is 10.2 Å². The number of amides is 1. The summed E-state index contributed by atoms with van der Waals surface area (Å²) in [5.74, 6) is 0.583. The topological polar surface area (TPSA) is 50.8 Å². The smallest absolute Gasteiger partial charge is 0.241 e. The van der Waals surface area contributed by atoms with E-state index in [1.54, 1.807) is 7.11 Å². The van der Waals surface area contributed by atoms with Crippen molar-refractivity contribution in [1.29, 1.82) is 0 Å². The summed E-state index contributed by atoms with van der Waals surface area (Å²) in [5.41, 5.74) is 0. The van der Waals surface area contributed by atoms with Crippen LogP contribution in [0.25, 0.3) is 0 Å². The average Bonchev–Trinajstić information content (AvgIpc) is 2.72. The molecule has 0 aliphatic carbocycles.